The van der Waals surface area contributed by atoms with Crippen molar-refractivity contribution in [2.75, 3.05) is 18.5 Å². The highest BCUT2D eigenvalue weighted by molar-refractivity contribution is 6.39. The maximum Gasteiger partial charge on any atom is 0.314 e. The van der Waals surface area contributed by atoms with Crippen LogP contribution in [0.3, 0.4) is 0 Å². The molecule has 0 bridgehead atoms. The Labute approximate surface area is 97.5 Å². The lowest BCUT2D eigenvalue weighted by atomic mass is 10.2. The van der Waals surface area contributed by atoms with Crippen LogP contribution in [0.1, 0.15) is 12.8 Å². The Balaban J connectivity index is 1.73. The monoisotopic (exact) mass is 239 g/mol. The molecule has 1 aliphatic rings. The second-order valence-corrected chi connectivity index (χ2v) is 3.68. The van der Waals surface area contributed by atoms with Gasteiger partial charge in [-0.1, -0.05) is 5.16 Å². The lowest BCUT2D eigenvalue weighted by molar-refractivity contribution is -0.136. The smallest absolute Gasteiger partial charge is 0.314 e. The van der Waals surface area contributed by atoms with Crippen LogP contribution in [0, 0.1) is 0 Å². The van der Waals surface area contributed by atoms with Gasteiger partial charge in [-0.2, -0.15) is 0 Å². The minimum Gasteiger partial charge on any atom is -0.376 e. The Bertz CT molecular complexity index is 384. The first kappa shape index (κ1) is 11.6. The van der Waals surface area contributed by atoms with Gasteiger partial charge in [-0.25, -0.2) is 0 Å². The zero-order chi connectivity index (χ0) is 12.1. The molecule has 2 heterocycles. The van der Waals surface area contributed by atoms with E-state index in [0.717, 1.165) is 12.8 Å². The molecule has 1 aromatic heterocycles. The molecule has 0 aliphatic carbocycles. The average Bonchev–Trinajstić information content (AvgIpc) is 2.98. The number of nitrogens with zero attached hydrogens (tertiary/aromatic N) is 1. The highest BCUT2D eigenvalue weighted by Gasteiger charge is 2.19. The van der Waals surface area contributed by atoms with E-state index in [1.54, 1.807) is 0 Å². The van der Waals surface area contributed by atoms with Crippen LogP contribution in [0.25, 0.3) is 0 Å². The van der Waals surface area contributed by atoms with Crippen molar-refractivity contribution in [2.24, 2.45) is 0 Å². The van der Waals surface area contributed by atoms with Gasteiger partial charge in [0.2, 0.25) is 0 Å². The number of carbonyl (C=O) groups excluding carboxylic acids is 2. The maximum atomic E-state index is 11.4. The van der Waals surface area contributed by atoms with E-state index in [0.29, 0.717) is 13.2 Å². The first-order valence-electron chi connectivity index (χ1n) is 5.37. The van der Waals surface area contributed by atoms with Gasteiger partial charge in [0, 0.05) is 19.2 Å². The molecule has 0 spiro atoms. The molecule has 2 rings (SSSR count). The van der Waals surface area contributed by atoms with Gasteiger partial charge in [-0.05, 0) is 12.8 Å². The molecule has 0 saturated carbocycles. The lowest BCUT2D eigenvalue weighted by Crippen LogP contribution is -2.39. The van der Waals surface area contributed by atoms with E-state index in [2.05, 4.69) is 20.3 Å². The summed E-state index contributed by atoms with van der Waals surface area (Å²) >= 11 is 0. The van der Waals surface area contributed by atoms with E-state index in [-0.39, 0.29) is 11.9 Å². The zero-order valence-electron chi connectivity index (χ0n) is 9.14. The Hall–Kier alpha value is -1.89. The quantitative estimate of drug-likeness (QED) is 0.719. The molecular weight excluding hydrogens is 226 g/mol. The van der Waals surface area contributed by atoms with Gasteiger partial charge in [0.15, 0.2) is 5.82 Å². The summed E-state index contributed by atoms with van der Waals surface area (Å²) in [7, 11) is 0. The minimum atomic E-state index is -0.767. The summed E-state index contributed by atoms with van der Waals surface area (Å²) in [6.07, 6.45) is 3.22. The Morgan fingerprint density at radius 2 is 2.35 bits per heavy atom. The molecule has 1 unspecified atom stereocenters. The second-order valence-electron chi connectivity index (χ2n) is 3.68. The third-order valence-corrected chi connectivity index (χ3v) is 2.40. The first-order valence-corrected chi connectivity index (χ1v) is 5.37. The Morgan fingerprint density at radius 1 is 1.47 bits per heavy atom. The van der Waals surface area contributed by atoms with Gasteiger partial charge in [0.25, 0.3) is 0 Å². The van der Waals surface area contributed by atoms with Crippen molar-refractivity contribution in [3.8, 4) is 0 Å². The summed E-state index contributed by atoms with van der Waals surface area (Å²) in [6.45, 7) is 1.07. The molecule has 0 radical (unpaired) electrons. The Kier molecular flexibility index (Phi) is 3.71. The molecule has 1 aliphatic heterocycles. The number of nitrogens with one attached hydrogen (secondary N) is 2. The minimum absolute atomic E-state index is 0.0128. The van der Waals surface area contributed by atoms with E-state index in [4.69, 9.17) is 4.74 Å². The predicted molar refractivity (Wildman–Crippen MR) is 57.1 cm³/mol. The summed E-state index contributed by atoms with van der Waals surface area (Å²) in [6, 6.07) is 1.45. The molecule has 2 N–H and O–H groups in total. The SMILES string of the molecule is O=C(NCC1CCCO1)C(=O)Nc1ccon1. The molecular formula is C10H13N3O4. The molecule has 92 valence electrons. The maximum absolute atomic E-state index is 11.4. The third kappa shape index (κ3) is 3.28. The molecule has 1 fully saturated rings. The van der Waals surface area contributed by atoms with Gasteiger partial charge >= 0.3 is 11.8 Å². The van der Waals surface area contributed by atoms with Gasteiger partial charge in [-0.3, -0.25) is 14.9 Å². The number of rotatable bonds is 3. The van der Waals surface area contributed by atoms with Gasteiger partial charge in [0.1, 0.15) is 6.26 Å². The third-order valence-electron chi connectivity index (χ3n) is 2.40. The molecule has 7 heteroatoms. The molecule has 1 saturated heterocycles. The molecule has 17 heavy (non-hydrogen) atoms. The number of hydrogen-bond donors (Lipinski definition) is 2. The van der Waals surface area contributed by atoms with Gasteiger partial charge < -0.3 is 14.6 Å². The summed E-state index contributed by atoms with van der Waals surface area (Å²) in [4.78, 5) is 22.8. The van der Waals surface area contributed by atoms with Crippen molar-refractivity contribution in [1.82, 2.24) is 10.5 Å². The first-order chi connectivity index (χ1) is 8.25. The van der Waals surface area contributed by atoms with Crippen molar-refractivity contribution in [1.29, 1.82) is 0 Å². The van der Waals surface area contributed by atoms with Crippen LogP contribution in [0.2, 0.25) is 0 Å². The molecule has 0 aromatic carbocycles. The van der Waals surface area contributed by atoms with Gasteiger partial charge in [-0.15, -0.1) is 0 Å². The van der Waals surface area contributed by atoms with Crippen molar-refractivity contribution < 1.29 is 18.8 Å². The number of aromatic nitrogens is 1. The number of amides is 2. The Morgan fingerprint density at radius 3 is 3.00 bits per heavy atom. The van der Waals surface area contributed by atoms with Gasteiger partial charge in [0.05, 0.1) is 6.10 Å². The van der Waals surface area contributed by atoms with E-state index in [1.165, 1.54) is 12.3 Å². The summed E-state index contributed by atoms with van der Waals surface area (Å²) in [5.74, 6) is -1.26. The molecule has 1 aromatic rings. The number of ether oxygens (including phenoxy) is 1. The zero-order valence-corrected chi connectivity index (χ0v) is 9.14. The van der Waals surface area contributed by atoms with E-state index < -0.39 is 11.8 Å². The standard InChI is InChI=1S/C10H13N3O4/c14-9(11-6-7-2-1-4-16-7)10(15)12-8-3-5-17-13-8/h3,5,7H,1-2,4,6H2,(H,11,14)(H,12,13,15). The van der Waals surface area contributed by atoms with Crippen LogP contribution in [0.4, 0.5) is 5.82 Å². The van der Waals surface area contributed by atoms with Crippen LogP contribution in [0.15, 0.2) is 16.9 Å². The van der Waals surface area contributed by atoms with E-state index >= 15 is 0 Å². The predicted octanol–water partition coefficient (Wildman–Crippen LogP) is -0.0917. The van der Waals surface area contributed by atoms with Crippen molar-refractivity contribution in [3.63, 3.8) is 0 Å². The normalized spacial score (nSPS) is 18.9. The average molecular weight is 239 g/mol. The van der Waals surface area contributed by atoms with Crippen LogP contribution in [-0.2, 0) is 14.3 Å². The van der Waals surface area contributed by atoms with Crippen molar-refractivity contribution >= 4 is 17.6 Å². The van der Waals surface area contributed by atoms with Crippen molar-refractivity contribution in [3.05, 3.63) is 12.3 Å². The van der Waals surface area contributed by atoms with E-state index in [1.807, 2.05) is 0 Å². The molecule has 2 amide bonds. The number of anilines is 1. The summed E-state index contributed by atoms with van der Waals surface area (Å²) in [5, 5.41) is 8.27. The van der Waals surface area contributed by atoms with E-state index in [9.17, 15) is 9.59 Å². The fraction of sp³-hybridized carbons (Fsp3) is 0.500. The van der Waals surface area contributed by atoms with Crippen molar-refractivity contribution in [2.45, 2.75) is 18.9 Å². The summed E-state index contributed by atoms with van der Waals surface area (Å²) < 4.78 is 9.84. The fourth-order valence-electron chi connectivity index (χ4n) is 1.54. The second kappa shape index (κ2) is 5.44. The lowest BCUT2D eigenvalue weighted by Gasteiger charge is -2.09. The molecule has 1 atom stereocenters. The number of carbonyl (C=O) groups is 2. The highest BCUT2D eigenvalue weighted by Crippen LogP contribution is 2.10. The van der Waals surface area contributed by atoms with Crippen LogP contribution >= 0.6 is 0 Å². The van der Waals surface area contributed by atoms with Crippen LogP contribution in [0.5, 0.6) is 0 Å². The highest BCUT2D eigenvalue weighted by atomic mass is 16.5. The van der Waals surface area contributed by atoms with Crippen LogP contribution in [-0.4, -0.2) is 36.2 Å². The fourth-order valence-corrected chi connectivity index (χ4v) is 1.54. The number of hydrogen-bond acceptors (Lipinski definition) is 5. The largest absolute Gasteiger partial charge is 0.376 e. The van der Waals surface area contributed by atoms with Crippen LogP contribution < -0.4 is 10.6 Å². The topological polar surface area (TPSA) is 93.5 Å². The molecule has 7 nitrogen and oxygen atoms in total. The summed E-state index contributed by atoms with van der Waals surface area (Å²) in [5.41, 5.74) is 0.